The number of aryl methyl sites for hydroxylation is 2. The van der Waals surface area contributed by atoms with Gasteiger partial charge in [0.15, 0.2) is 5.96 Å². The molecule has 2 aromatic rings. The van der Waals surface area contributed by atoms with Crippen molar-refractivity contribution >= 4 is 5.96 Å². The second-order valence-corrected chi connectivity index (χ2v) is 5.90. The summed E-state index contributed by atoms with van der Waals surface area (Å²) in [5, 5.41) is 14.7. The van der Waals surface area contributed by atoms with E-state index in [1.807, 2.05) is 0 Å². The molecule has 0 bridgehead atoms. The number of aromatic nitrogens is 3. The monoisotopic (exact) mass is 342 g/mol. The predicted octanol–water partition coefficient (Wildman–Crippen LogP) is 2.20. The molecule has 0 aliphatic heterocycles. The van der Waals surface area contributed by atoms with E-state index in [9.17, 15) is 0 Å². The van der Waals surface area contributed by atoms with Gasteiger partial charge >= 0.3 is 0 Å². The average molecular weight is 342 g/mol. The van der Waals surface area contributed by atoms with E-state index in [2.05, 4.69) is 75.4 Å². The van der Waals surface area contributed by atoms with Crippen LogP contribution in [0.2, 0.25) is 0 Å². The summed E-state index contributed by atoms with van der Waals surface area (Å²) >= 11 is 0. The van der Waals surface area contributed by atoms with Crippen molar-refractivity contribution in [3.05, 3.63) is 47.5 Å². The lowest BCUT2D eigenvalue weighted by Crippen LogP contribution is -2.39. The molecule has 2 N–H and O–H groups in total. The molecule has 0 atom stereocenters. The molecule has 0 saturated heterocycles. The van der Waals surface area contributed by atoms with E-state index in [0.29, 0.717) is 0 Å². The summed E-state index contributed by atoms with van der Waals surface area (Å²) in [4.78, 5) is 4.67. The van der Waals surface area contributed by atoms with Crippen molar-refractivity contribution in [1.82, 2.24) is 25.4 Å². The molecular weight excluding hydrogens is 312 g/mol. The zero-order chi connectivity index (χ0) is 17.9. The highest BCUT2D eigenvalue weighted by Crippen LogP contribution is 2.05. The number of hydrogen-bond acceptors (Lipinski definition) is 3. The Labute approximate surface area is 150 Å². The summed E-state index contributed by atoms with van der Waals surface area (Å²) in [6.45, 7) is 9.60. The van der Waals surface area contributed by atoms with Crippen LogP contribution in [0, 0.1) is 0 Å². The third kappa shape index (κ3) is 6.21. The summed E-state index contributed by atoms with van der Waals surface area (Å²) in [6.07, 6.45) is 4.71. The smallest absolute Gasteiger partial charge is 0.191 e. The van der Waals surface area contributed by atoms with Crippen molar-refractivity contribution in [3.8, 4) is 0 Å². The van der Waals surface area contributed by atoms with E-state index in [1.54, 1.807) is 6.33 Å². The Morgan fingerprint density at radius 1 is 1.04 bits per heavy atom. The minimum Gasteiger partial charge on any atom is -0.357 e. The maximum atomic E-state index is 4.67. The highest BCUT2D eigenvalue weighted by Gasteiger charge is 2.02. The van der Waals surface area contributed by atoms with Gasteiger partial charge < -0.3 is 15.2 Å². The number of benzene rings is 1. The molecule has 0 radical (unpaired) electrons. The highest BCUT2D eigenvalue weighted by atomic mass is 15.3. The second kappa shape index (κ2) is 10.5. The van der Waals surface area contributed by atoms with Crippen LogP contribution in [0.4, 0.5) is 0 Å². The first kappa shape index (κ1) is 19.0. The highest BCUT2D eigenvalue weighted by molar-refractivity contribution is 5.79. The van der Waals surface area contributed by atoms with Crippen molar-refractivity contribution in [2.75, 3.05) is 19.6 Å². The summed E-state index contributed by atoms with van der Waals surface area (Å²) in [5.74, 6) is 1.87. The van der Waals surface area contributed by atoms with Crippen molar-refractivity contribution in [3.63, 3.8) is 0 Å². The van der Waals surface area contributed by atoms with E-state index in [4.69, 9.17) is 0 Å². The fraction of sp³-hybridized carbons (Fsp3) is 0.526. The van der Waals surface area contributed by atoms with E-state index in [-0.39, 0.29) is 0 Å². The summed E-state index contributed by atoms with van der Waals surface area (Å²) in [6, 6.07) is 8.81. The van der Waals surface area contributed by atoms with Crippen LogP contribution in [-0.2, 0) is 25.8 Å². The molecule has 6 heteroatoms. The van der Waals surface area contributed by atoms with Gasteiger partial charge in [0.1, 0.15) is 12.2 Å². The van der Waals surface area contributed by atoms with Gasteiger partial charge in [0.25, 0.3) is 0 Å². The van der Waals surface area contributed by atoms with E-state index in [0.717, 1.165) is 57.2 Å². The number of hydrogen-bond donors (Lipinski definition) is 2. The van der Waals surface area contributed by atoms with E-state index >= 15 is 0 Å². The standard InChI is InChI=1S/C19H30N6/c1-4-16-7-9-17(10-8-16)11-12-21-19(20-6-3)22-13-14-25-15-23-24-18(25)5-2/h7-10,15H,4-6,11-14H2,1-3H3,(H2,20,21,22). The van der Waals surface area contributed by atoms with Crippen LogP contribution in [0.25, 0.3) is 0 Å². The third-order valence-corrected chi connectivity index (χ3v) is 4.10. The van der Waals surface area contributed by atoms with Gasteiger partial charge in [0.2, 0.25) is 0 Å². The number of aliphatic imine (C=N–C) groups is 1. The van der Waals surface area contributed by atoms with Gasteiger partial charge in [-0.05, 0) is 30.9 Å². The number of guanidine groups is 1. The van der Waals surface area contributed by atoms with Gasteiger partial charge in [-0.15, -0.1) is 10.2 Å². The molecule has 0 spiro atoms. The quantitative estimate of drug-likeness (QED) is 0.541. The molecule has 136 valence electrons. The van der Waals surface area contributed by atoms with Gasteiger partial charge in [-0.2, -0.15) is 0 Å². The average Bonchev–Trinajstić information content (AvgIpc) is 3.10. The third-order valence-electron chi connectivity index (χ3n) is 4.10. The molecule has 0 aliphatic carbocycles. The van der Waals surface area contributed by atoms with Crippen LogP contribution in [0.15, 0.2) is 35.6 Å². The lowest BCUT2D eigenvalue weighted by Gasteiger charge is -2.12. The molecule has 2 rings (SSSR count). The molecule has 1 aromatic carbocycles. The predicted molar refractivity (Wildman–Crippen MR) is 103 cm³/mol. The first-order chi connectivity index (χ1) is 12.3. The summed E-state index contributed by atoms with van der Waals surface area (Å²) in [7, 11) is 0. The van der Waals surface area contributed by atoms with Crippen LogP contribution in [0.1, 0.15) is 37.7 Å². The first-order valence-electron chi connectivity index (χ1n) is 9.23. The van der Waals surface area contributed by atoms with Gasteiger partial charge in [-0.1, -0.05) is 38.1 Å². The molecule has 1 heterocycles. The Morgan fingerprint density at radius 3 is 2.48 bits per heavy atom. The van der Waals surface area contributed by atoms with Crippen molar-refractivity contribution in [2.24, 2.45) is 4.99 Å². The number of nitrogens with zero attached hydrogens (tertiary/aromatic N) is 4. The Balaban J connectivity index is 1.80. The van der Waals surface area contributed by atoms with Crippen molar-refractivity contribution in [2.45, 2.75) is 46.6 Å². The van der Waals surface area contributed by atoms with Gasteiger partial charge in [0.05, 0.1) is 0 Å². The van der Waals surface area contributed by atoms with Crippen LogP contribution in [-0.4, -0.2) is 40.4 Å². The normalized spacial score (nSPS) is 11.6. The topological polar surface area (TPSA) is 67.1 Å². The minimum absolute atomic E-state index is 0.771. The molecule has 0 saturated carbocycles. The van der Waals surface area contributed by atoms with Crippen molar-refractivity contribution < 1.29 is 0 Å². The Bertz CT molecular complexity index is 644. The molecular formula is C19H30N6. The minimum atomic E-state index is 0.771. The van der Waals surface area contributed by atoms with Crippen LogP contribution < -0.4 is 10.6 Å². The van der Waals surface area contributed by atoms with E-state index in [1.165, 1.54) is 11.1 Å². The van der Waals surface area contributed by atoms with Gasteiger partial charge in [0, 0.05) is 32.6 Å². The largest absolute Gasteiger partial charge is 0.357 e. The fourth-order valence-corrected chi connectivity index (χ4v) is 2.61. The lowest BCUT2D eigenvalue weighted by molar-refractivity contribution is 0.632. The molecule has 6 nitrogen and oxygen atoms in total. The molecule has 0 fully saturated rings. The van der Waals surface area contributed by atoms with E-state index < -0.39 is 0 Å². The molecule has 0 aliphatic rings. The Hall–Kier alpha value is -2.37. The van der Waals surface area contributed by atoms with Gasteiger partial charge in [-0.3, -0.25) is 4.99 Å². The number of rotatable bonds is 9. The molecule has 1 aromatic heterocycles. The maximum absolute atomic E-state index is 4.67. The summed E-state index contributed by atoms with van der Waals surface area (Å²) in [5.41, 5.74) is 2.71. The number of nitrogens with one attached hydrogen (secondary N) is 2. The Morgan fingerprint density at radius 2 is 1.80 bits per heavy atom. The van der Waals surface area contributed by atoms with Crippen molar-refractivity contribution in [1.29, 1.82) is 0 Å². The van der Waals surface area contributed by atoms with Gasteiger partial charge in [-0.25, -0.2) is 0 Å². The summed E-state index contributed by atoms with van der Waals surface area (Å²) < 4.78 is 2.08. The Kier molecular flexibility index (Phi) is 7.95. The van der Waals surface area contributed by atoms with Crippen LogP contribution in [0.3, 0.4) is 0 Å². The first-order valence-corrected chi connectivity index (χ1v) is 9.23. The maximum Gasteiger partial charge on any atom is 0.191 e. The molecule has 0 amide bonds. The zero-order valence-corrected chi connectivity index (χ0v) is 15.6. The second-order valence-electron chi connectivity index (χ2n) is 5.90. The fourth-order valence-electron chi connectivity index (χ4n) is 2.61. The molecule has 0 unspecified atom stereocenters. The lowest BCUT2D eigenvalue weighted by atomic mass is 10.1. The van der Waals surface area contributed by atoms with Crippen LogP contribution >= 0.6 is 0 Å². The molecule has 25 heavy (non-hydrogen) atoms. The SMILES string of the molecule is CCNC(=NCCc1ccc(CC)cc1)NCCn1cnnc1CC. The van der Waals surface area contributed by atoms with Crippen LogP contribution in [0.5, 0.6) is 0 Å². The zero-order valence-electron chi connectivity index (χ0n) is 15.6.